The zero-order chi connectivity index (χ0) is 19.6. The van der Waals surface area contributed by atoms with Crippen LogP contribution in [0.1, 0.15) is 39.5 Å². The lowest BCUT2D eigenvalue weighted by molar-refractivity contribution is -0.143. The molecule has 0 radical (unpaired) electrons. The Balaban J connectivity index is 2.25. The lowest BCUT2D eigenvalue weighted by atomic mass is 9.80. The van der Waals surface area contributed by atoms with Gasteiger partial charge >= 0.3 is 5.97 Å². The lowest BCUT2D eigenvalue weighted by Gasteiger charge is -2.32. The lowest BCUT2D eigenvalue weighted by Crippen LogP contribution is -2.32. The summed E-state index contributed by atoms with van der Waals surface area (Å²) in [6.07, 6.45) is 6.73. The molecule has 1 aliphatic carbocycles. The molecule has 0 aromatic heterocycles. The number of esters is 1. The van der Waals surface area contributed by atoms with Crippen LogP contribution < -0.4 is 4.74 Å². The molecular formula is C22H32O4S. The van der Waals surface area contributed by atoms with Crippen LogP contribution in [0.3, 0.4) is 0 Å². The minimum Gasteiger partial charge on any atom is -0.497 e. The number of methoxy groups -OCH3 is 2. The maximum atomic E-state index is 12.8. The summed E-state index contributed by atoms with van der Waals surface area (Å²) >= 11 is 1.60. The van der Waals surface area contributed by atoms with E-state index >= 15 is 0 Å². The molecule has 27 heavy (non-hydrogen) atoms. The molecule has 3 atom stereocenters. The molecular weight excluding hydrogens is 360 g/mol. The molecule has 0 N–H and O–H groups in total. The number of carbonyl (C=O) groups excluding carboxylic acids is 1. The van der Waals surface area contributed by atoms with Crippen molar-refractivity contribution < 1.29 is 19.0 Å². The highest BCUT2D eigenvalue weighted by Crippen LogP contribution is 2.40. The maximum Gasteiger partial charge on any atom is 0.320 e. The topological polar surface area (TPSA) is 44.8 Å². The predicted octanol–water partition coefficient (Wildman–Crippen LogP) is 5.12. The van der Waals surface area contributed by atoms with E-state index in [0.717, 1.165) is 29.9 Å². The molecule has 0 amide bonds. The molecule has 4 nitrogen and oxygen atoms in total. The van der Waals surface area contributed by atoms with E-state index in [-0.39, 0.29) is 17.1 Å². The molecule has 0 saturated heterocycles. The van der Waals surface area contributed by atoms with Gasteiger partial charge in [0.2, 0.25) is 0 Å². The Morgan fingerprint density at radius 3 is 2.63 bits per heavy atom. The van der Waals surface area contributed by atoms with Crippen LogP contribution >= 0.6 is 11.8 Å². The van der Waals surface area contributed by atoms with E-state index in [9.17, 15) is 4.79 Å². The molecule has 0 heterocycles. The highest BCUT2D eigenvalue weighted by atomic mass is 32.2. The second-order valence-electron chi connectivity index (χ2n) is 6.99. The van der Waals surface area contributed by atoms with E-state index in [1.54, 1.807) is 26.0 Å². The first-order chi connectivity index (χ1) is 13.1. The fourth-order valence-corrected chi connectivity index (χ4v) is 4.84. The Hall–Kier alpha value is -1.46. The Kier molecular flexibility index (Phi) is 9.22. The zero-order valence-corrected chi connectivity index (χ0v) is 17.7. The number of allylic oxidation sites excluding steroid dienone is 1. The molecule has 0 unspecified atom stereocenters. The van der Waals surface area contributed by atoms with E-state index in [0.29, 0.717) is 19.1 Å². The summed E-state index contributed by atoms with van der Waals surface area (Å²) in [6, 6.07) is 7.89. The van der Waals surface area contributed by atoms with Crippen molar-refractivity contribution in [1.29, 1.82) is 0 Å². The Labute approximate surface area is 167 Å². The van der Waals surface area contributed by atoms with Crippen molar-refractivity contribution in [3.05, 3.63) is 35.9 Å². The minimum atomic E-state index is -0.223. The molecule has 1 fully saturated rings. The van der Waals surface area contributed by atoms with Crippen LogP contribution in [-0.4, -0.2) is 38.7 Å². The quantitative estimate of drug-likeness (QED) is 0.332. The van der Waals surface area contributed by atoms with Crippen molar-refractivity contribution in [3.63, 3.8) is 0 Å². The van der Waals surface area contributed by atoms with Crippen molar-refractivity contribution in [2.24, 2.45) is 11.8 Å². The normalized spacial score (nSPS) is 20.9. The van der Waals surface area contributed by atoms with E-state index in [2.05, 4.69) is 13.0 Å². The zero-order valence-electron chi connectivity index (χ0n) is 16.9. The number of benzene rings is 1. The van der Waals surface area contributed by atoms with Crippen LogP contribution in [0.15, 0.2) is 40.8 Å². The Morgan fingerprint density at radius 1 is 1.26 bits per heavy atom. The van der Waals surface area contributed by atoms with Gasteiger partial charge in [-0.2, -0.15) is 0 Å². The molecule has 2 rings (SSSR count). The number of hydrogen-bond donors (Lipinski definition) is 0. The smallest absolute Gasteiger partial charge is 0.320 e. The average molecular weight is 393 g/mol. The van der Waals surface area contributed by atoms with E-state index in [4.69, 9.17) is 14.2 Å². The molecule has 150 valence electrons. The van der Waals surface area contributed by atoms with Crippen molar-refractivity contribution in [2.45, 2.75) is 49.7 Å². The van der Waals surface area contributed by atoms with Crippen LogP contribution in [-0.2, 0) is 14.3 Å². The van der Waals surface area contributed by atoms with Gasteiger partial charge in [-0.25, -0.2) is 0 Å². The SMILES string of the molecule is CCOC(=O)[C@@H](Sc1ccc(OC)cc1)[C@H]1CCCC/C1=C\[C@@H](C)COC. The third-order valence-electron chi connectivity index (χ3n) is 4.84. The fraction of sp³-hybridized carbons (Fsp3) is 0.591. The monoisotopic (exact) mass is 392 g/mol. The van der Waals surface area contributed by atoms with Crippen molar-refractivity contribution >= 4 is 17.7 Å². The highest BCUT2D eigenvalue weighted by Gasteiger charge is 2.34. The summed E-state index contributed by atoms with van der Waals surface area (Å²) in [6.45, 7) is 5.14. The average Bonchev–Trinajstić information content (AvgIpc) is 2.67. The predicted molar refractivity (Wildman–Crippen MR) is 110 cm³/mol. The van der Waals surface area contributed by atoms with Gasteiger partial charge in [0.15, 0.2) is 0 Å². The van der Waals surface area contributed by atoms with Crippen LogP contribution in [0.5, 0.6) is 5.75 Å². The molecule has 1 aromatic carbocycles. The third kappa shape index (κ3) is 6.58. The molecule has 0 spiro atoms. The van der Waals surface area contributed by atoms with Crippen LogP contribution in [0.2, 0.25) is 0 Å². The van der Waals surface area contributed by atoms with E-state index in [1.165, 1.54) is 12.0 Å². The van der Waals surface area contributed by atoms with Crippen molar-refractivity contribution in [1.82, 2.24) is 0 Å². The summed E-state index contributed by atoms with van der Waals surface area (Å²) in [7, 11) is 3.39. The van der Waals surface area contributed by atoms with Crippen molar-refractivity contribution in [3.8, 4) is 5.75 Å². The number of thioether (sulfide) groups is 1. The van der Waals surface area contributed by atoms with Gasteiger partial charge in [0.05, 0.1) is 20.3 Å². The van der Waals surface area contributed by atoms with Gasteiger partial charge in [-0.15, -0.1) is 11.8 Å². The summed E-state index contributed by atoms with van der Waals surface area (Å²) in [5, 5.41) is -0.223. The second-order valence-corrected chi connectivity index (χ2v) is 8.21. The summed E-state index contributed by atoms with van der Waals surface area (Å²) in [4.78, 5) is 13.9. The van der Waals surface area contributed by atoms with E-state index < -0.39 is 0 Å². The first-order valence-electron chi connectivity index (χ1n) is 9.75. The second kappa shape index (κ2) is 11.4. The fourth-order valence-electron chi connectivity index (χ4n) is 3.61. The minimum absolute atomic E-state index is 0.115. The molecule has 1 aliphatic rings. The highest BCUT2D eigenvalue weighted by molar-refractivity contribution is 8.00. The standard InChI is InChI=1S/C22H32O4S/c1-5-26-22(23)21(27-19-12-10-18(25-4)11-13-19)20-9-7-6-8-17(20)14-16(2)15-24-3/h10-14,16,20-21H,5-9,15H2,1-4H3/b17-14+/t16-,20+,21+/m1/s1. The summed E-state index contributed by atoms with van der Waals surface area (Å²) in [5.41, 5.74) is 1.38. The van der Waals surface area contributed by atoms with Gasteiger partial charge in [-0.3, -0.25) is 4.79 Å². The number of hydrogen-bond acceptors (Lipinski definition) is 5. The molecule has 1 saturated carbocycles. The molecule has 0 bridgehead atoms. The van der Waals surface area contributed by atoms with Crippen molar-refractivity contribution in [2.75, 3.05) is 27.4 Å². The number of carbonyl (C=O) groups is 1. The van der Waals surface area contributed by atoms with E-state index in [1.807, 2.05) is 31.2 Å². The molecule has 1 aromatic rings. The number of ether oxygens (including phenoxy) is 3. The van der Waals surface area contributed by atoms with Crippen LogP contribution in [0.4, 0.5) is 0 Å². The Morgan fingerprint density at radius 2 is 2.00 bits per heavy atom. The summed E-state index contributed by atoms with van der Waals surface area (Å²) < 4.78 is 16.0. The van der Waals surface area contributed by atoms with Gasteiger partial charge in [-0.1, -0.05) is 25.0 Å². The largest absolute Gasteiger partial charge is 0.497 e. The first kappa shape index (κ1) is 21.8. The molecule has 5 heteroatoms. The van der Waals surface area contributed by atoms with Crippen LogP contribution in [0, 0.1) is 11.8 Å². The van der Waals surface area contributed by atoms with Gasteiger partial charge in [-0.05, 0) is 56.4 Å². The van der Waals surface area contributed by atoms with Crippen LogP contribution in [0.25, 0.3) is 0 Å². The van der Waals surface area contributed by atoms with Gasteiger partial charge < -0.3 is 14.2 Å². The van der Waals surface area contributed by atoms with Gasteiger partial charge in [0, 0.05) is 17.9 Å². The van der Waals surface area contributed by atoms with Gasteiger partial charge in [0.25, 0.3) is 0 Å². The number of rotatable bonds is 9. The maximum absolute atomic E-state index is 12.8. The third-order valence-corrected chi connectivity index (χ3v) is 6.16. The molecule has 0 aliphatic heterocycles. The van der Waals surface area contributed by atoms with Gasteiger partial charge in [0.1, 0.15) is 11.0 Å². The first-order valence-corrected chi connectivity index (χ1v) is 10.6. The summed E-state index contributed by atoms with van der Waals surface area (Å²) in [5.74, 6) is 1.26. The Bertz CT molecular complexity index is 611.